The summed E-state index contributed by atoms with van der Waals surface area (Å²) in [6.45, 7) is 6.03. The van der Waals surface area contributed by atoms with Crippen molar-refractivity contribution >= 4 is 17.0 Å². The monoisotopic (exact) mass is 249 g/mol. The summed E-state index contributed by atoms with van der Waals surface area (Å²) in [5.74, 6) is 0.393. The van der Waals surface area contributed by atoms with Crippen molar-refractivity contribution in [3.63, 3.8) is 0 Å². The highest BCUT2D eigenvalue weighted by Gasteiger charge is 2.10. The zero-order chi connectivity index (χ0) is 12.6. The van der Waals surface area contributed by atoms with E-state index in [-0.39, 0.29) is 17.8 Å². The van der Waals surface area contributed by atoms with Crippen molar-refractivity contribution in [1.82, 2.24) is 0 Å². The van der Waals surface area contributed by atoms with Gasteiger partial charge in [-0.1, -0.05) is 24.9 Å². The largest absolute Gasteiger partial charge is 0.772 e. The molecule has 0 spiro atoms. The topological polar surface area (TPSA) is 66.4 Å². The van der Waals surface area contributed by atoms with Crippen LogP contribution in [0.2, 0.25) is 0 Å². The van der Waals surface area contributed by atoms with Crippen LogP contribution in [-0.4, -0.2) is 26.6 Å². The van der Waals surface area contributed by atoms with Crippen LogP contribution in [0.1, 0.15) is 46.5 Å². The van der Waals surface area contributed by atoms with E-state index in [1.807, 2.05) is 6.92 Å². The van der Waals surface area contributed by atoms with E-state index in [9.17, 15) is 13.6 Å². The molecule has 96 valence electrons. The molecule has 0 fully saturated rings. The van der Waals surface area contributed by atoms with Crippen molar-refractivity contribution < 1.29 is 18.3 Å². The summed E-state index contributed by atoms with van der Waals surface area (Å²) in [7, 11) is 0. The normalized spacial score (nSPS) is 14.8. The summed E-state index contributed by atoms with van der Waals surface area (Å²) < 4.78 is 25.6. The molecule has 16 heavy (non-hydrogen) atoms. The first-order valence-electron chi connectivity index (χ1n) is 5.67. The molecule has 2 atom stereocenters. The molecule has 0 N–H and O–H groups in total. The Morgan fingerprint density at radius 3 is 2.44 bits per heavy atom. The maximum Gasteiger partial charge on any atom is 0.306 e. The zero-order valence-corrected chi connectivity index (χ0v) is 11.0. The molecular weight excluding hydrogens is 228 g/mol. The van der Waals surface area contributed by atoms with Crippen molar-refractivity contribution in [2.45, 2.75) is 52.6 Å². The van der Waals surface area contributed by atoms with E-state index >= 15 is 0 Å². The molecule has 0 aromatic carbocycles. The Balaban J connectivity index is 3.54. The van der Waals surface area contributed by atoms with Gasteiger partial charge in [-0.2, -0.15) is 0 Å². The van der Waals surface area contributed by atoms with Crippen LogP contribution in [0.5, 0.6) is 0 Å². The Kier molecular flexibility index (Phi) is 8.47. The lowest BCUT2D eigenvalue weighted by atomic mass is 10.1. The molecule has 0 saturated heterocycles. The third kappa shape index (κ3) is 10.1. The van der Waals surface area contributed by atoms with Crippen LogP contribution in [0.3, 0.4) is 0 Å². The molecule has 2 unspecified atom stereocenters. The van der Waals surface area contributed by atoms with Gasteiger partial charge in [-0.3, -0.25) is 9.00 Å². The van der Waals surface area contributed by atoms with E-state index in [4.69, 9.17) is 4.74 Å². The van der Waals surface area contributed by atoms with Crippen LogP contribution in [0, 0.1) is 5.92 Å². The zero-order valence-electron chi connectivity index (χ0n) is 10.2. The van der Waals surface area contributed by atoms with Crippen molar-refractivity contribution in [3.8, 4) is 0 Å². The van der Waals surface area contributed by atoms with Gasteiger partial charge in [-0.05, 0) is 32.1 Å². The molecule has 0 aliphatic carbocycles. The highest BCUT2D eigenvalue weighted by Crippen LogP contribution is 2.09. The summed E-state index contributed by atoms with van der Waals surface area (Å²) in [4.78, 5) is 11.3. The molecule has 0 bridgehead atoms. The minimum absolute atomic E-state index is 0.0545. The average Bonchev–Trinajstić information content (AvgIpc) is 2.10. The Hall–Kier alpha value is -0.420. The summed E-state index contributed by atoms with van der Waals surface area (Å²) in [6.07, 6.45) is 2.20. The summed E-state index contributed by atoms with van der Waals surface area (Å²) in [5, 5.41) is 0. The van der Waals surface area contributed by atoms with Gasteiger partial charge in [-0.25, -0.2) is 0 Å². The first kappa shape index (κ1) is 15.6. The van der Waals surface area contributed by atoms with Crippen molar-refractivity contribution in [2.75, 3.05) is 5.75 Å². The van der Waals surface area contributed by atoms with Crippen LogP contribution in [0.25, 0.3) is 0 Å². The number of carbonyl (C=O) groups excluding carboxylic acids is 1. The minimum atomic E-state index is -2.00. The number of esters is 1. The van der Waals surface area contributed by atoms with Gasteiger partial charge >= 0.3 is 5.97 Å². The lowest BCUT2D eigenvalue weighted by Crippen LogP contribution is -2.16. The van der Waals surface area contributed by atoms with Gasteiger partial charge in [0.15, 0.2) is 0 Å². The van der Waals surface area contributed by atoms with Gasteiger partial charge in [0.05, 0.1) is 6.10 Å². The highest BCUT2D eigenvalue weighted by atomic mass is 32.2. The number of carbonyl (C=O) groups is 1. The van der Waals surface area contributed by atoms with Gasteiger partial charge in [0.2, 0.25) is 0 Å². The van der Waals surface area contributed by atoms with Crippen molar-refractivity contribution in [2.24, 2.45) is 5.92 Å². The second-order valence-electron chi connectivity index (χ2n) is 4.40. The molecule has 0 aromatic rings. The lowest BCUT2D eigenvalue weighted by Gasteiger charge is -2.15. The average molecular weight is 249 g/mol. The van der Waals surface area contributed by atoms with E-state index < -0.39 is 11.1 Å². The van der Waals surface area contributed by atoms with Gasteiger partial charge in [0.1, 0.15) is 0 Å². The lowest BCUT2D eigenvalue weighted by molar-refractivity contribution is -0.148. The summed E-state index contributed by atoms with van der Waals surface area (Å²) in [5.41, 5.74) is 0. The number of hydrogen-bond donors (Lipinski definition) is 0. The van der Waals surface area contributed by atoms with Gasteiger partial charge < -0.3 is 9.29 Å². The maximum absolute atomic E-state index is 11.3. The Morgan fingerprint density at radius 2 is 1.94 bits per heavy atom. The van der Waals surface area contributed by atoms with E-state index in [1.54, 1.807) is 0 Å². The third-order valence-corrected chi connectivity index (χ3v) is 2.70. The number of unbranched alkanes of at least 4 members (excludes halogenated alkanes) is 1. The number of ether oxygens (including phenoxy) is 1. The SMILES string of the molecule is CC(C)CC(C)OC(=O)CCCCS(=O)[O-]. The van der Waals surface area contributed by atoms with Gasteiger partial charge in [0, 0.05) is 12.2 Å². The molecule has 4 nitrogen and oxygen atoms in total. The first-order chi connectivity index (χ1) is 7.41. The van der Waals surface area contributed by atoms with Crippen molar-refractivity contribution in [1.29, 1.82) is 0 Å². The van der Waals surface area contributed by atoms with Crippen molar-refractivity contribution in [3.05, 3.63) is 0 Å². The number of hydrogen-bond acceptors (Lipinski definition) is 4. The minimum Gasteiger partial charge on any atom is -0.772 e. The molecule has 0 radical (unpaired) electrons. The fourth-order valence-electron chi connectivity index (χ4n) is 1.48. The van der Waals surface area contributed by atoms with E-state index in [1.165, 1.54) is 0 Å². The smallest absolute Gasteiger partial charge is 0.306 e. The second kappa shape index (κ2) is 8.70. The number of rotatable bonds is 8. The molecule has 0 heterocycles. The Bertz CT molecular complexity index is 228. The van der Waals surface area contributed by atoms with E-state index in [0.29, 0.717) is 25.2 Å². The quantitative estimate of drug-likeness (QED) is 0.375. The standard InChI is InChI=1S/C11H22O4S/c1-9(2)8-10(3)15-11(12)6-4-5-7-16(13)14/h9-10H,4-8H2,1-3H3,(H,13,14)/p-1. The Labute approximate surface area is 100 Å². The third-order valence-electron chi connectivity index (χ3n) is 2.08. The fraction of sp³-hybridized carbons (Fsp3) is 0.909. The highest BCUT2D eigenvalue weighted by molar-refractivity contribution is 7.79. The fourth-order valence-corrected chi connectivity index (χ4v) is 1.92. The maximum atomic E-state index is 11.3. The predicted molar refractivity (Wildman–Crippen MR) is 62.6 cm³/mol. The molecule has 0 saturated carbocycles. The second-order valence-corrected chi connectivity index (χ2v) is 5.41. The van der Waals surface area contributed by atoms with Crippen LogP contribution in [0.15, 0.2) is 0 Å². The summed E-state index contributed by atoms with van der Waals surface area (Å²) >= 11 is -2.00. The first-order valence-corrected chi connectivity index (χ1v) is 6.91. The molecule has 0 amide bonds. The van der Waals surface area contributed by atoms with E-state index in [2.05, 4.69) is 13.8 Å². The summed E-state index contributed by atoms with van der Waals surface area (Å²) in [6, 6.07) is 0. The van der Waals surface area contributed by atoms with Crippen LogP contribution in [0.4, 0.5) is 0 Å². The predicted octanol–water partition coefficient (Wildman–Crippen LogP) is 2.01. The molecule has 0 aliphatic heterocycles. The molecular formula is C11H21O4S-. The molecule has 0 aromatic heterocycles. The molecule has 0 rings (SSSR count). The Morgan fingerprint density at radius 1 is 1.31 bits per heavy atom. The van der Waals surface area contributed by atoms with Crippen LogP contribution in [-0.2, 0) is 20.6 Å². The molecule has 0 aliphatic rings. The van der Waals surface area contributed by atoms with Crippen LogP contribution >= 0.6 is 0 Å². The van der Waals surface area contributed by atoms with Gasteiger partial charge in [-0.15, -0.1) is 0 Å². The van der Waals surface area contributed by atoms with Gasteiger partial charge in [0.25, 0.3) is 0 Å². The van der Waals surface area contributed by atoms with E-state index in [0.717, 1.165) is 6.42 Å². The van der Waals surface area contributed by atoms with Crippen LogP contribution < -0.4 is 0 Å². The molecule has 5 heteroatoms.